The summed E-state index contributed by atoms with van der Waals surface area (Å²) in [4.78, 5) is 21.7. The summed E-state index contributed by atoms with van der Waals surface area (Å²) < 4.78 is 7.25. The number of amides is 1. The molecule has 1 aromatic carbocycles. The monoisotopic (exact) mass is 433 g/mol. The van der Waals surface area contributed by atoms with E-state index in [9.17, 15) is 9.90 Å². The number of carbonyl (C=O) groups excluding carboxylic acids is 1. The summed E-state index contributed by atoms with van der Waals surface area (Å²) in [6, 6.07) is 10.7. The maximum atomic E-state index is 12.7. The minimum absolute atomic E-state index is 0.135. The molecule has 2 N–H and O–H groups in total. The highest BCUT2D eigenvalue weighted by Crippen LogP contribution is 2.22. The molecule has 4 rings (SSSR count). The molecule has 1 unspecified atom stereocenters. The summed E-state index contributed by atoms with van der Waals surface area (Å²) >= 11 is 0. The lowest BCUT2D eigenvalue weighted by Gasteiger charge is -2.18. The minimum atomic E-state index is -0.469. The SMILES string of the molecule is CCOc1ccc(C(CO)NC(=O)CCc2c(C)nc3c4cccnc4nn3c2C)cc1. The van der Waals surface area contributed by atoms with Crippen molar-refractivity contribution in [3.8, 4) is 5.75 Å². The van der Waals surface area contributed by atoms with E-state index < -0.39 is 6.04 Å². The topological polar surface area (TPSA) is 102 Å². The van der Waals surface area contributed by atoms with E-state index in [0.29, 0.717) is 18.7 Å². The number of nitrogens with zero attached hydrogens (tertiary/aromatic N) is 4. The van der Waals surface area contributed by atoms with Crippen LogP contribution in [-0.2, 0) is 11.2 Å². The van der Waals surface area contributed by atoms with Crippen LogP contribution in [0.1, 0.15) is 41.9 Å². The van der Waals surface area contributed by atoms with Gasteiger partial charge >= 0.3 is 0 Å². The number of fused-ring (bicyclic) bond motifs is 3. The average Bonchev–Trinajstić information content (AvgIpc) is 3.17. The highest BCUT2D eigenvalue weighted by molar-refractivity contribution is 5.89. The molecule has 0 bridgehead atoms. The lowest BCUT2D eigenvalue weighted by Crippen LogP contribution is -2.31. The lowest BCUT2D eigenvalue weighted by molar-refractivity contribution is -0.122. The van der Waals surface area contributed by atoms with Crippen LogP contribution in [0, 0.1) is 13.8 Å². The predicted molar refractivity (Wildman–Crippen MR) is 122 cm³/mol. The Morgan fingerprint density at radius 2 is 2.00 bits per heavy atom. The number of rotatable bonds is 8. The molecule has 0 saturated heterocycles. The molecule has 8 heteroatoms. The zero-order chi connectivity index (χ0) is 22.7. The Bertz CT molecular complexity index is 1250. The van der Waals surface area contributed by atoms with Crippen LogP contribution < -0.4 is 10.1 Å². The van der Waals surface area contributed by atoms with E-state index in [0.717, 1.165) is 39.3 Å². The van der Waals surface area contributed by atoms with Crippen LogP contribution in [0.25, 0.3) is 16.7 Å². The number of pyridine rings is 1. The molecule has 0 aliphatic heterocycles. The Hall–Kier alpha value is -3.52. The first kappa shape index (κ1) is 21.7. The molecule has 166 valence electrons. The van der Waals surface area contributed by atoms with E-state index in [1.807, 2.05) is 57.2 Å². The van der Waals surface area contributed by atoms with Crippen molar-refractivity contribution in [3.05, 3.63) is 65.1 Å². The standard InChI is InChI=1S/C24H27N5O3/c1-4-32-18-9-7-17(8-10-18)21(14-30)27-22(31)12-11-19-15(2)26-24-20-6-5-13-25-23(20)28-29(24)16(19)3/h5-10,13,21,30H,4,11-12,14H2,1-3H3,(H,27,31). The fraction of sp³-hybridized carbons (Fsp3) is 0.333. The molecule has 0 spiro atoms. The fourth-order valence-corrected chi connectivity index (χ4v) is 3.93. The van der Waals surface area contributed by atoms with Crippen molar-refractivity contribution in [2.24, 2.45) is 0 Å². The van der Waals surface area contributed by atoms with Crippen LogP contribution in [0.5, 0.6) is 5.75 Å². The van der Waals surface area contributed by atoms with E-state index in [-0.39, 0.29) is 18.9 Å². The Morgan fingerprint density at radius 3 is 2.72 bits per heavy atom. The first-order chi connectivity index (χ1) is 15.5. The van der Waals surface area contributed by atoms with Gasteiger partial charge in [-0.05, 0) is 62.6 Å². The van der Waals surface area contributed by atoms with Gasteiger partial charge in [-0.1, -0.05) is 12.1 Å². The van der Waals surface area contributed by atoms with Gasteiger partial charge in [0.25, 0.3) is 0 Å². The number of hydrogen-bond donors (Lipinski definition) is 2. The highest BCUT2D eigenvalue weighted by Gasteiger charge is 2.17. The first-order valence-electron chi connectivity index (χ1n) is 10.7. The Balaban J connectivity index is 1.47. The van der Waals surface area contributed by atoms with Crippen molar-refractivity contribution in [2.75, 3.05) is 13.2 Å². The molecular weight excluding hydrogens is 406 g/mol. The van der Waals surface area contributed by atoms with Crippen molar-refractivity contribution in [1.82, 2.24) is 24.9 Å². The van der Waals surface area contributed by atoms with Gasteiger partial charge < -0.3 is 15.2 Å². The van der Waals surface area contributed by atoms with E-state index in [2.05, 4.69) is 15.4 Å². The molecule has 8 nitrogen and oxygen atoms in total. The summed E-state index contributed by atoms with van der Waals surface area (Å²) in [6.07, 6.45) is 2.52. The Morgan fingerprint density at radius 1 is 1.22 bits per heavy atom. The number of ether oxygens (including phenoxy) is 1. The maximum absolute atomic E-state index is 12.7. The van der Waals surface area contributed by atoms with Crippen LogP contribution in [0.3, 0.4) is 0 Å². The molecule has 0 fully saturated rings. The Labute approximate surface area is 186 Å². The zero-order valence-corrected chi connectivity index (χ0v) is 18.5. The lowest BCUT2D eigenvalue weighted by atomic mass is 10.0. The van der Waals surface area contributed by atoms with Gasteiger partial charge in [-0.3, -0.25) is 4.79 Å². The van der Waals surface area contributed by atoms with Gasteiger partial charge in [0.2, 0.25) is 5.91 Å². The molecule has 3 heterocycles. The number of aliphatic hydroxyl groups is 1. The molecule has 32 heavy (non-hydrogen) atoms. The summed E-state index contributed by atoms with van der Waals surface area (Å²) in [6.45, 7) is 6.26. The van der Waals surface area contributed by atoms with E-state index in [1.54, 1.807) is 10.7 Å². The van der Waals surface area contributed by atoms with Crippen LogP contribution in [0.2, 0.25) is 0 Å². The predicted octanol–water partition coefficient (Wildman–Crippen LogP) is 3.08. The second-order valence-corrected chi connectivity index (χ2v) is 7.68. The third-order valence-electron chi connectivity index (χ3n) is 5.60. The number of hydrogen-bond acceptors (Lipinski definition) is 6. The van der Waals surface area contributed by atoms with Crippen molar-refractivity contribution in [1.29, 1.82) is 0 Å². The third-order valence-corrected chi connectivity index (χ3v) is 5.60. The number of aliphatic hydroxyl groups excluding tert-OH is 1. The normalized spacial score (nSPS) is 12.2. The van der Waals surface area contributed by atoms with E-state index in [4.69, 9.17) is 9.72 Å². The fourth-order valence-electron chi connectivity index (χ4n) is 3.93. The van der Waals surface area contributed by atoms with Crippen LogP contribution in [-0.4, -0.2) is 43.8 Å². The average molecular weight is 434 g/mol. The van der Waals surface area contributed by atoms with Crippen LogP contribution in [0.15, 0.2) is 42.6 Å². The molecule has 0 aliphatic carbocycles. The minimum Gasteiger partial charge on any atom is -0.494 e. The summed E-state index contributed by atoms with van der Waals surface area (Å²) in [5.74, 6) is 0.624. The maximum Gasteiger partial charge on any atom is 0.220 e. The van der Waals surface area contributed by atoms with Crippen molar-refractivity contribution in [3.63, 3.8) is 0 Å². The second-order valence-electron chi connectivity index (χ2n) is 7.68. The number of aryl methyl sites for hydroxylation is 2. The summed E-state index contributed by atoms with van der Waals surface area (Å²) in [5.41, 5.74) is 5.06. The molecular formula is C24H27N5O3. The molecule has 0 saturated carbocycles. The molecule has 1 amide bonds. The number of nitrogens with one attached hydrogen (secondary N) is 1. The zero-order valence-electron chi connectivity index (χ0n) is 18.5. The molecule has 0 aliphatic rings. The van der Waals surface area contributed by atoms with Gasteiger partial charge in [0, 0.05) is 24.0 Å². The quantitative estimate of drug-likeness (QED) is 0.443. The third kappa shape index (κ3) is 4.27. The van der Waals surface area contributed by atoms with E-state index >= 15 is 0 Å². The van der Waals surface area contributed by atoms with Gasteiger partial charge in [-0.2, -0.15) is 0 Å². The highest BCUT2D eigenvalue weighted by atomic mass is 16.5. The van der Waals surface area contributed by atoms with Gasteiger partial charge in [-0.15, -0.1) is 5.10 Å². The Kier molecular flexibility index (Phi) is 6.32. The smallest absolute Gasteiger partial charge is 0.220 e. The molecule has 1 atom stereocenters. The summed E-state index contributed by atoms with van der Waals surface area (Å²) in [5, 5.41) is 18.2. The van der Waals surface area contributed by atoms with Gasteiger partial charge in [0.05, 0.1) is 24.6 Å². The molecule has 0 radical (unpaired) electrons. The molecule has 3 aromatic heterocycles. The molecule has 4 aromatic rings. The summed E-state index contributed by atoms with van der Waals surface area (Å²) in [7, 11) is 0. The second kappa shape index (κ2) is 9.32. The number of aromatic nitrogens is 4. The van der Waals surface area contributed by atoms with Gasteiger partial charge in [-0.25, -0.2) is 14.5 Å². The van der Waals surface area contributed by atoms with E-state index in [1.165, 1.54) is 0 Å². The van der Waals surface area contributed by atoms with Crippen LogP contribution in [0.4, 0.5) is 0 Å². The largest absolute Gasteiger partial charge is 0.494 e. The van der Waals surface area contributed by atoms with Gasteiger partial charge in [0.1, 0.15) is 5.75 Å². The van der Waals surface area contributed by atoms with Gasteiger partial charge in [0.15, 0.2) is 11.3 Å². The number of benzene rings is 1. The van der Waals surface area contributed by atoms with Crippen molar-refractivity contribution < 1.29 is 14.6 Å². The first-order valence-corrected chi connectivity index (χ1v) is 10.7. The van der Waals surface area contributed by atoms with Crippen LogP contribution >= 0.6 is 0 Å². The number of carbonyl (C=O) groups is 1. The van der Waals surface area contributed by atoms with Crippen molar-refractivity contribution in [2.45, 2.75) is 39.7 Å². The van der Waals surface area contributed by atoms with Crippen molar-refractivity contribution >= 4 is 22.6 Å².